The van der Waals surface area contributed by atoms with E-state index in [0.29, 0.717) is 37.3 Å². The maximum atomic E-state index is 12.8. The Bertz CT molecular complexity index is 1060. The van der Waals surface area contributed by atoms with Gasteiger partial charge in [-0.05, 0) is 61.7 Å². The Morgan fingerprint density at radius 1 is 0.862 bits per heavy atom. The molecule has 2 saturated heterocycles. The number of rotatable bonds is 5. The third-order valence-corrected chi connectivity index (χ3v) is 6.75. The minimum atomic E-state index is -3.79. The van der Waals surface area contributed by atoms with Gasteiger partial charge in [-0.25, -0.2) is 8.42 Å². The fourth-order valence-electron chi connectivity index (χ4n) is 3.81. The summed E-state index contributed by atoms with van der Waals surface area (Å²) in [6, 6.07) is 11.5. The van der Waals surface area contributed by atoms with E-state index in [1.807, 2.05) is 6.92 Å². The van der Waals surface area contributed by atoms with E-state index in [9.17, 15) is 18.0 Å². The highest BCUT2D eigenvalue weighted by atomic mass is 32.2. The number of carbonyl (C=O) groups excluding carboxylic acids is 2. The molecule has 152 valence electrons. The van der Waals surface area contributed by atoms with Crippen LogP contribution in [0, 0.1) is 6.92 Å². The van der Waals surface area contributed by atoms with Crippen LogP contribution in [0.25, 0.3) is 0 Å². The Labute approximate surface area is 170 Å². The Hall–Kier alpha value is -2.87. The molecule has 2 amide bonds. The first kappa shape index (κ1) is 19.4. The SMILES string of the molecule is Cc1ccc(NS(=O)(=O)c2ccc(N3CCCC3=O)cc2)cc1N1CCCC1=O. The lowest BCUT2D eigenvalue weighted by Crippen LogP contribution is -2.25. The first-order valence-electron chi connectivity index (χ1n) is 9.69. The number of nitrogens with zero attached hydrogens (tertiary/aromatic N) is 2. The van der Waals surface area contributed by atoms with Gasteiger partial charge in [0.25, 0.3) is 10.0 Å². The van der Waals surface area contributed by atoms with E-state index < -0.39 is 10.0 Å². The second-order valence-corrected chi connectivity index (χ2v) is 9.08. The lowest BCUT2D eigenvalue weighted by atomic mass is 10.1. The number of sulfonamides is 1. The molecule has 29 heavy (non-hydrogen) atoms. The lowest BCUT2D eigenvalue weighted by molar-refractivity contribution is -0.117. The molecule has 2 aliphatic rings. The molecule has 0 bridgehead atoms. The molecular formula is C21H23N3O4S. The molecule has 2 fully saturated rings. The molecule has 2 aromatic rings. The Morgan fingerprint density at radius 2 is 1.48 bits per heavy atom. The average molecular weight is 413 g/mol. The van der Waals surface area contributed by atoms with Gasteiger partial charge in [0.05, 0.1) is 10.6 Å². The summed E-state index contributed by atoms with van der Waals surface area (Å²) in [5, 5.41) is 0. The van der Waals surface area contributed by atoms with Gasteiger partial charge in [-0.3, -0.25) is 14.3 Å². The minimum absolute atomic E-state index is 0.0557. The van der Waals surface area contributed by atoms with Crippen LogP contribution in [0.2, 0.25) is 0 Å². The number of hydrogen-bond acceptors (Lipinski definition) is 4. The molecule has 2 aromatic carbocycles. The molecular weight excluding hydrogens is 390 g/mol. The predicted molar refractivity (Wildman–Crippen MR) is 112 cm³/mol. The van der Waals surface area contributed by atoms with Crippen LogP contribution < -0.4 is 14.5 Å². The normalized spacial score (nSPS) is 17.3. The van der Waals surface area contributed by atoms with Crippen molar-refractivity contribution in [2.24, 2.45) is 0 Å². The first-order chi connectivity index (χ1) is 13.8. The summed E-state index contributed by atoms with van der Waals surface area (Å²) in [7, 11) is -3.79. The molecule has 8 heteroatoms. The summed E-state index contributed by atoms with van der Waals surface area (Å²) in [5.41, 5.74) is 2.76. The zero-order valence-corrected chi connectivity index (χ0v) is 17.0. The monoisotopic (exact) mass is 413 g/mol. The maximum absolute atomic E-state index is 12.8. The third-order valence-electron chi connectivity index (χ3n) is 5.36. The molecule has 0 radical (unpaired) electrons. The van der Waals surface area contributed by atoms with Crippen molar-refractivity contribution in [3.05, 3.63) is 48.0 Å². The lowest BCUT2D eigenvalue weighted by Gasteiger charge is -2.20. The van der Waals surface area contributed by atoms with Gasteiger partial charge in [0.1, 0.15) is 0 Å². The summed E-state index contributed by atoms with van der Waals surface area (Å²) in [4.78, 5) is 27.4. The Kier molecular flexibility index (Phi) is 5.04. The Balaban J connectivity index is 1.55. The van der Waals surface area contributed by atoms with E-state index in [0.717, 1.165) is 24.1 Å². The van der Waals surface area contributed by atoms with Crippen molar-refractivity contribution in [1.29, 1.82) is 0 Å². The molecule has 0 unspecified atom stereocenters. The molecule has 7 nitrogen and oxygen atoms in total. The van der Waals surface area contributed by atoms with Crippen LogP contribution in [0.15, 0.2) is 47.4 Å². The van der Waals surface area contributed by atoms with Crippen molar-refractivity contribution in [1.82, 2.24) is 0 Å². The molecule has 0 aromatic heterocycles. The topological polar surface area (TPSA) is 86.8 Å². The van der Waals surface area contributed by atoms with Crippen LogP contribution in [0.1, 0.15) is 31.2 Å². The van der Waals surface area contributed by atoms with E-state index in [2.05, 4.69) is 4.72 Å². The fourth-order valence-corrected chi connectivity index (χ4v) is 4.86. The van der Waals surface area contributed by atoms with Gasteiger partial charge in [0, 0.05) is 37.3 Å². The van der Waals surface area contributed by atoms with Gasteiger partial charge in [0.15, 0.2) is 0 Å². The Morgan fingerprint density at radius 3 is 2.07 bits per heavy atom. The third kappa shape index (κ3) is 3.85. The highest BCUT2D eigenvalue weighted by molar-refractivity contribution is 7.92. The van der Waals surface area contributed by atoms with Gasteiger partial charge in [-0.1, -0.05) is 6.07 Å². The standard InChI is InChI=1S/C21H23N3O4S/c1-15-6-7-16(14-19(15)24-13-3-5-21(24)26)22-29(27,28)18-10-8-17(9-11-18)23-12-2-4-20(23)25/h6-11,14,22H,2-5,12-13H2,1H3. The zero-order valence-electron chi connectivity index (χ0n) is 16.2. The van der Waals surface area contributed by atoms with E-state index in [4.69, 9.17) is 0 Å². The zero-order chi connectivity index (χ0) is 20.6. The van der Waals surface area contributed by atoms with Gasteiger partial charge in [-0.15, -0.1) is 0 Å². The number of hydrogen-bond donors (Lipinski definition) is 1. The second-order valence-electron chi connectivity index (χ2n) is 7.40. The molecule has 2 aliphatic heterocycles. The van der Waals surface area contributed by atoms with E-state index in [1.54, 1.807) is 40.1 Å². The van der Waals surface area contributed by atoms with Crippen molar-refractivity contribution >= 4 is 38.9 Å². The van der Waals surface area contributed by atoms with Gasteiger partial charge in [-0.2, -0.15) is 0 Å². The van der Waals surface area contributed by atoms with Crippen molar-refractivity contribution in [3.63, 3.8) is 0 Å². The summed E-state index contributed by atoms with van der Waals surface area (Å²) >= 11 is 0. The van der Waals surface area contributed by atoms with Gasteiger partial charge < -0.3 is 9.80 Å². The number of carbonyl (C=O) groups is 2. The van der Waals surface area contributed by atoms with Crippen LogP contribution in [-0.4, -0.2) is 33.3 Å². The van der Waals surface area contributed by atoms with Crippen molar-refractivity contribution in [2.45, 2.75) is 37.5 Å². The number of aryl methyl sites for hydroxylation is 1. The van der Waals surface area contributed by atoms with Crippen LogP contribution >= 0.6 is 0 Å². The second kappa shape index (κ2) is 7.51. The maximum Gasteiger partial charge on any atom is 0.261 e. The smallest absolute Gasteiger partial charge is 0.261 e. The van der Waals surface area contributed by atoms with Crippen molar-refractivity contribution < 1.29 is 18.0 Å². The first-order valence-corrected chi connectivity index (χ1v) is 11.2. The molecule has 0 saturated carbocycles. The quantitative estimate of drug-likeness (QED) is 0.816. The van der Waals surface area contributed by atoms with E-state index in [1.165, 1.54) is 12.1 Å². The largest absolute Gasteiger partial charge is 0.312 e. The molecule has 4 rings (SSSR count). The predicted octanol–water partition coefficient (Wildman–Crippen LogP) is 3.05. The summed E-state index contributed by atoms with van der Waals surface area (Å²) in [5.74, 6) is 0.113. The van der Waals surface area contributed by atoms with Crippen LogP contribution in [-0.2, 0) is 19.6 Å². The molecule has 0 atom stereocenters. The summed E-state index contributed by atoms with van der Waals surface area (Å²) < 4.78 is 28.2. The van der Waals surface area contributed by atoms with Crippen LogP contribution in [0.5, 0.6) is 0 Å². The highest BCUT2D eigenvalue weighted by Gasteiger charge is 2.25. The number of amides is 2. The minimum Gasteiger partial charge on any atom is -0.312 e. The summed E-state index contributed by atoms with van der Waals surface area (Å²) in [6.45, 7) is 3.20. The molecule has 0 spiro atoms. The number of benzene rings is 2. The molecule has 1 N–H and O–H groups in total. The average Bonchev–Trinajstić information content (AvgIpc) is 3.31. The highest BCUT2D eigenvalue weighted by Crippen LogP contribution is 2.30. The summed E-state index contributed by atoms with van der Waals surface area (Å²) in [6.07, 6.45) is 2.66. The fraction of sp³-hybridized carbons (Fsp3) is 0.333. The number of anilines is 3. The van der Waals surface area contributed by atoms with Crippen LogP contribution in [0.4, 0.5) is 17.1 Å². The van der Waals surface area contributed by atoms with Crippen LogP contribution in [0.3, 0.4) is 0 Å². The molecule has 0 aliphatic carbocycles. The van der Waals surface area contributed by atoms with Gasteiger partial charge >= 0.3 is 0 Å². The van der Waals surface area contributed by atoms with Crippen molar-refractivity contribution in [3.8, 4) is 0 Å². The van der Waals surface area contributed by atoms with E-state index >= 15 is 0 Å². The van der Waals surface area contributed by atoms with Gasteiger partial charge in [0.2, 0.25) is 11.8 Å². The molecule has 2 heterocycles. The number of nitrogens with one attached hydrogen (secondary N) is 1. The van der Waals surface area contributed by atoms with Crippen molar-refractivity contribution in [2.75, 3.05) is 27.6 Å². The van der Waals surface area contributed by atoms with E-state index in [-0.39, 0.29) is 16.7 Å².